The van der Waals surface area contributed by atoms with Crippen LogP contribution in [0.2, 0.25) is 0 Å². The maximum atomic E-state index is 13.7. The molecule has 1 fully saturated rings. The van der Waals surface area contributed by atoms with E-state index in [-0.39, 0.29) is 22.6 Å². The van der Waals surface area contributed by atoms with E-state index in [0.717, 1.165) is 44.9 Å². The third-order valence-corrected chi connectivity index (χ3v) is 6.77. The average molecular weight is 452 g/mol. The number of nitrogens with one attached hydrogen (secondary N) is 1. The third-order valence-electron chi connectivity index (χ3n) is 6.77. The molecule has 33 heavy (non-hydrogen) atoms. The predicted molar refractivity (Wildman–Crippen MR) is 128 cm³/mol. The highest BCUT2D eigenvalue weighted by molar-refractivity contribution is 5.87. The van der Waals surface area contributed by atoms with Crippen molar-refractivity contribution >= 4 is 17.3 Å². The van der Waals surface area contributed by atoms with Gasteiger partial charge < -0.3 is 14.6 Å². The molecule has 1 heterocycles. The zero-order valence-electron chi connectivity index (χ0n) is 19.1. The van der Waals surface area contributed by atoms with Crippen LogP contribution in [0.4, 0.5) is 11.4 Å². The molecule has 4 rings (SSSR count). The minimum absolute atomic E-state index is 0.00264. The van der Waals surface area contributed by atoms with Crippen LogP contribution in [0.1, 0.15) is 76.0 Å². The number of rotatable bonds is 9. The molecule has 2 aromatic rings. The molecule has 7 heteroatoms. The van der Waals surface area contributed by atoms with Crippen molar-refractivity contribution in [2.24, 2.45) is 0 Å². The highest BCUT2D eigenvalue weighted by atomic mass is 16.6. The summed E-state index contributed by atoms with van der Waals surface area (Å²) in [6, 6.07) is 9.59. The van der Waals surface area contributed by atoms with Gasteiger partial charge in [-0.1, -0.05) is 43.0 Å². The first-order chi connectivity index (χ1) is 16.1. The van der Waals surface area contributed by atoms with Crippen LogP contribution in [0, 0.1) is 10.1 Å². The quantitative estimate of drug-likeness (QED) is 0.284. The van der Waals surface area contributed by atoms with E-state index in [0.29, 0.717) is 18.0 Å². The molecular weight excluding hydrogens is 418 g/mol. The Labute approximate surface area is 195 Å². The summed E-state index contributed by atoms with van der Waals surface area (Å²) in [5.74, 6) is 0.340. The first-order valence-electron chi connectivity index (χ1n) is 12.1. The van der Waals surface area contributed by atoms with E-state index in [1.807, 2.05) is 4.90 Å². The molecule has 1 unspecified atom stereocenters. The maximum Gasteiger partial charge on any atom is 0.292 e. The van der Waals surface area contributed by atoms with E-state index in [2.05, 4.69) is 11.4 Å². The van der Waals surface area contributed by atoms with Crippen LogP contribution in [0.15, 0.2) is 58.7 Å². The van der Waals surface area contributed by atoms with Crippen molar-refractivity contribution in [3.63, 3.8) is 0 Å². The number of carbonyl (C=O) groups is 1. The monoisotopic (exact) mass is 451 g/mol. The molecule has 7 nitrogen and oxygen atoms in total. The molecule has 0 saturated heterocycles. The van der Waals surface area contributed by atoms with Gasteiger partial charge in [-0.2, -0.15) is 0 Å². The lowest BCUT2D eigenvalue weighted by molar-refractivity contribution is -0.384. The van der Waals surface area contributed by atoms with Gasteiger partial charge in [-0.15, -0.1) is 0 Å². The van der Waals surface area contributed by atoms with Crippen LogP contribution in [0.5, 0.6) is 0 Å². The van der Waals surface area contributed by atoms with Crippen molar-refractivity contribution in [3.05, 3.63) is 70.2 Å². The number of carbonyl (C=O) groups excluding carboxylic acids is 1. The van der Waals surface area contributed by atoms with E-state index < -0.39 is 6.04 Å². The number of anilines is 1. The van der Waals surface area contributed by atoms with Gasteiger partial charge in [0.25, 0.3) is 11.6 Å². The van der Waals surface area contributed by atoms with Crippen molar-refractivity contribution in [1.82, 2.24) is 5.32 Å². The van der Waals surface area contributed by atoms with Gasteiger partial charge in [-0.3, -0.25) is 14.9 Å². The number of hydrogen-bond acceptors (Lipinski definition) is 5. The summed E-state index contributed by atoms with van der Waals surface area (Å²) >= 11 is 0. The van der Waals surface area contributed by atoms with Crippen LogP contribution in [0.3, 0.4) is 0 Å². The van der Waals surface area contributed by atoms with Crippen molar-refractivity contribution < 1.29 is 14.1 Å². The second-order valence-corrected chi connectivity index (χ2v) is 9.06. The van der Waals surface area contributed by atoms with Crippen molar-refractivity contribution in [3.8, 4) is 0 Å². The van der Waals surface area contributed by atoms with Crippen LogP contribution < -0.4 is 10.2 Å². The fourth-order valence-electron chi connectivity index (χ4n) is 5.04. The molecule has 2 aliphatic carbocycles. The summed E-state index contributed by atoms with van der Waals surface area (Å²) in [5, 5.41) is 15.1. The van der Waals surface area contributed by atoms with Gasteiger partial charge in [0.05, 0.1) is 11.2 Å². The van der Waals surface area contributed by atoms with E-state index in [1.165, 1.54) is 30.9 Å². The fourth-order valence-corrected chi connectivity index (χ4v) is 5.04. The SMILES string of the molecule is O=C(NC1CCCCC1)C(c1ccco1)N(CCC1=CCCCC1)c1ccccc1[N+](=O)[O-]. The molecule has 1 amide bonds. The largest absolute Gasteiger partial charge is 0.467 e. The molecule has 2 aliphatic rings. The number of para-hydroxylation sites is 2. The molecule has 1 atom stereocenters. The Bertz CT molecular complexity index is 964. The molecule has 1 saturated carbocycles. The van der Waals surface area contributed by atoms with E-state index in [4.69, 9.17) is 4.42 Å². The minimum Gasteiger partial charge on any atom is -0.467 e. The number of hydrogen-bond donors (Lipinski definition) is 1. The fraction of sp³-hybridized carbons (Fsp3) is 0.500. The topological polar surface area (TPSA) is 88.6 Å². The summed E-state index contributed by atoms with van der Waals surface area (Å²) in [4.78, 5) is 27.0. The Morgan fingerprint density at radius 2 is 1.94 bits per heavy atom. The lowest BCUT2D eigenvalue weighted by atomic mass is 9.94. The minimum atomic E-state index is -0.771. The lowest BCUT2D eigenvalue weighted by Gasteiger charge is -2.33. The summed E-state index contributed by atoms with van der Waals surface area (Å²) in [6.07, 6.45) is 14.4. The summed E-state index contributed by atoms with van der Waals surface area (Å²) in [5.41, 5.74) is 1.80. The van der Waals surface area contributed by atoms with Gasteiger partial charge in [0.15, 0.2) is 6.04 Å². The van der Waals surface area contributed by atoms with E-state index in [9.17, 15) is 14.9 Å². The van der Waals surface area contributed by atoms with Gasteiger partial charge in [0, 0.05) is 18.7 Å². The van der Waals surface area contributed by atoms with E-state index >= 15 is 0 Å². The number of nitro benzene ring substituents is 1. The standard InChI is InChI=1S/C26H33N3O4/c30-26(27-21-12-5-2-6-13-21)25(24-16-9-19-33-24)28(18-17-20-10-3-1-4-11-20)22-14-7-8-15-23(22)29(31)32/h7-10,14-16,19,21,25H,1-6,11-13,17-18H2,(H,27,30). The number of nitro groups is 1. The highest BCUT2D eigenvalue weighted by Crippen LogP contribution is 2.36. The molecule has 176 valence electrons. The molecule has 0 aliphatic heterocycles. The van der Waals surface area contributed by atoms with Gasteiger partial charge in [-0.25, -0.2) is 0 Å². The molecule has 0 spiro atoms. The average Bonchev–Trinajstić information content (AvgIpc) is 3.37. The van der Waals surface area contributed by atoms with Crippen LogP contribution in [-0.2, 0) is 4.79 Å². The normalized spacial score (nSPS) is 17.8. The summed E-state index contributed by atoms with van der Waals surface area (Å²) in [7, 11) is 0. The van der Waals surface area contributed by atoms with Gasteiger partial charge >= 0.3 is 0 Å². The van der Waals surface area contributed by atoms with Gasteiger partial charge in [0.2, 0.25) is 0 Å². The number of furan rings is 1. The molecule has 1 aromatic carbocycles. The zero-order chi connectivity index (χ0) is 23.0. The van der Waals surface area contributed by atoms with Crippen LogP contribution in [-0.4, -0.2) is 23.4 Å². The van der Waals surface area contributed by atoms with Gasteiger partial charge in [-0.05, 0) is 63.1 Å². The second kappa shape index (κ2) is 11.2. The molecule has 0 radical (unpaired) electrons. The molecular formula is C26H33N3O4. The lowest BCUT2D eigenvalue weighted by Crippen LogP contribution is -2.45. The number of nitrogens with zero attached hydrogens (tertiary/aromatic N) is 2. The molecule has 0 bridgehead atoms. The van der Waals surface area contributed by atoms with Crippen LogP contribution >= 0.6 is 0 Å². The summed E-state index contributed by atoms with van der Waals surface area (Å²) in [6.45, 7) is 0.500. The van der Waals surface area contributed by atoms with Gasteiger partial charge in [0.1, 0.15) is 11.4 Å². The number of amides is 1. The Morgan fingerprint density at radius 3 is 2.64 bits per heavy atom. The summed E-state index contributed by atoms with van der Waals surface area (Å²) < 4.78 is 5.71. The second-order valence-electron chi connectivity index (χ2n) is 9.06. The Hall–Kier alpha value is -3.09. The number of benzene rings is 1. The van der Waals surface area contributed by atoms with Crippen molar-refractivity contribution in [1.29, 1.82) is 0 Å². The Morgan fingerprint density at radius 1 is 1.12 bits per heavy atom. The first-order valence-corrected chi connectivity index (χ1v) is 12.1. The zero-order valence-corrected chi connectivity index (χ0v) is 19.1. The third kappa shape index (κ3) is 5.83. The van der Waals surface area contributed by atoms with E-state index in [1.54, 1.807) is 36.6 Å². The first kappa shape index (κ1) is 23.1. The van der Waals surface area contributed by atoms with Crippen LogP contribution in [0.25, 0.3) is 0 Å². The van der Waals surface area contributed by atoms with Crippen molar-refractivity contribution in [2.45, 2.75) is 76.3 Å². The smallest absolute Gasteiger partial charge is 0.292 e. The molecule has 1 N–H and O–H groups in total. The van der Waals surface area contributed by atoms with Crippen molar-refractivity contribution in [2.75, 3.05) is 11.4 Å². The maximum absolute atomic E-state index is 13.7. The Balaban J connectivity index is 1.68. The number of allylic oxidation sites excluding steroid dienone is 1. The highest BCUT2D eigenvalue weighted by Gasteiger charge is 2.35. The molecule has 1 aromatic heterocycles. The predicted octanol–water partition coefficient (Wildman–Crippen LogP) is 6.07. The Kier molecular flexibility index (Phi) is 7.81.